The maximum absolute atomic E-state index is 11.7. The number of nitrogens with two attached hydrogens (primary N) is 1. The van der Waals surface area contributed by atoms with E-state index in [1.807, 2.05) is 0 Å². The molecule has 5 nitrogen and oxygen atoms in total. The fourth-order valence-electron chi connectivity index (χ4n) is 2.11. The quantitative estimate of drug-likeness (QED) is 0.691. The van der Waals surface area contributed by atoms with Crippen molar-refractivity contribution < 1.29 is 14.3 Å². The van der Waals surface area contributed by atoms with Gasteiger partial charge in [0.25, 0.3) is 5.91 Å². The minimum Gasteiger partial charge on any atom is -0.381 e. The van der Waals surface area contributed by atoms with Gasteiger partial charge in [-0.15, -0.1) is 0 Å². The second-order valence-corrected chi connectivity index (χ2v) is 4.80. The Bertz CT molecular complexity index is 252. The van der Waals surface area contributed by atoms with E-state index in [-0.39, 0.29) is 30.0 Å². The predicted octanol–water partition coefficient (Wildman–Crippen LogP) is -0.110. The first-order valence-corrected chi connectivity index (χ1v) is 5.53. The molecule has 3 N–H and O–H groups in total. The molecular weight excluding hydrogens is 208 g/mol. The molecule has 5 heteroatoms. The fourth-order valence-corrected chi connectivity index (χ4v) is 2.11. The van der Waals surface area contributed by atoms with Crippen molar-refractivity contribution in [1.82, 2.24) is 5.32 Å². The Balaban J connectivity index is 2.48. The predicted molar refractivity (Wildman–Crippen MR) is 61.0 cm³/mol. The fraction of sp³-hybridized carbons (Fsp3) is 0.909. The van der Waals surface area contributed by atoms with Crippen LogP contribution in [0.4, 0.5) is 0 Å². The third-order valence-electron chi connectivity index (χ3n) is 3.57. The standard InChI is InChI=1S/C11H22N2O3/c1-11(2)8(5-9(11)16-4)13-10(14)7(6-12)15-3/h7-9H,5-6,12H2,1-4H3,(H,13,14). The van der Waals surface area contributed by atoms with Gasteiger partial charge in [-0.2, -0.15) is 0 Å². The van der Waals surface area contributed by atoms with E-state index in [2.05, 4.69) is 19.2 Å². The van der Waals surface area contributed by atoms with Crippen molar-refractivity contribution in [3.63, 3.8) is 0 Å². The third-order valence-corrected chi connectivity index (χ3v) is 3.57. The van der Waals surface area contributed by atoms with Gasteiger partial charge < -0.3 is 20.5 Å². The minimum atomic E-state index is -0.558. The summed E-state index contributed by atoms with van der Waals surface area (Å²) in [7, 11) is 3.18. The van der Waals surface area contributed by atoms with Gasteiger partial charge in [-0.3, -0.25) is 4.79 Å². The van der Waals surface area contributed by atoms with Gasteiger partial charge >= 0.3 is 0 Å². The van der Waals surface area contributed by atoms with Gasteiger partial charge in [0.15, 0.2) is 0 Å². The summed E-state index contributed by atoms with van der Waals surface area (Å²) in [6.45, 7) is 4.36. The van der Waals surface area contributed by atoms with Crippen LogP contribution in [0.1, 0.15) is 20.3 Å². The number of nitrogens with one attached hydrogen (secondary N) is 1. The Labute approximate surface area is 96.7 Å². The zero-order chi connectivity index (χ0) is 12.3. The molecule has 3 atom stereocenters. The van der Waals surface area contributed by atoms with Crippen LogP contribution in [0, 0.1) is 5.41 Å². The van der Waals surface area contributed by atoms with Gasteiger partial charge in [0.2, 0.25) is 0 Å². The van der Waals surface area contributed by atoms with Gasteiger partial charge in [-0.1, -0.05) is 13.8 Å². The zero-order valence-corrected chi connectivity index (χ0v) is 10.4. The van der Waals surface area contributed by atoms with E-state index >= 15 is 0 Å². The van der Waals surface area contributed by atoms with Crippen LogP contribution in [0.15, 0.2) is 0 Å². The number of rotatable bonds is 5. The lowest BCUT2D eigenvalue weighted by molar-refractivity contribution is -0.140. The molecule has 0 bridgehead atoms. The molecule has 1 amide bonds. The third kappa shape index (κ3) is 2.36. The normalized spacial score (nSPS) is 29.3. The molecule has 0 saturated heterocycles. The first kappa shape index (κ1) is 13.4. The van der Waals surface area contributed by atoms with Crippen molar-refractivity contribution in [2.45, 2.75) is 38.5 Å². The molecule has 0 heterocycles. The number of amides is 1. The number of carbonyl (C=O) groups excluding carboxylic acids is 1. The van der Waals surface area contributed by atoms with Crippen LogP contribution in [0.3, 0.4) is 0 Å². The average molecular weight is 230 g/mol. The van der Waals surface area contributed by atoms with Gasteiger partial charge in [0, 0.05) is 32.2 Å². The van der Waals surface area contributed by atoms with Gasteiger partial charge in [0.05, 0.1) is 6.10 Å². The van der Waals surface area contributed by atoms with Crippen LogP contribution in [-0.4, -0.2) is 44.9 Å². The van der Waals surface area contributed by atoms with Crippen LogP contribution in [0.5, 0.6) is 0 Å². The summed E-state index contributed by atoms with van der Waals surface area (Å²) in [5.41, 5.74) is 5.40. The summed E-state index contributed by atoms with van der Waals surface area (Å²) in [6, 6.07) is 0.133. The Morgan fingerprint density at radius 3 is 2.56 bits per heavy atom. The Morgan fingerprint density at radius 1 is 1.56 bits per heavy atom. The lowest BCUT2D eigenvalue weighted by atomic mass is 9.64. The molecule has 0 spiro atoms. The smallest absolute Gasteiger partial charge is 0.250 e. The van der Waals surface area contributed by atoms with E-state index in [1.54, 1.807) is 7.11 Å². The monoisotopic (exact) mass is 230 g/mol. The molecule has 0 aromatic carbocycles. The molecule has 1 rings (SSSR count). The highest BCUT2D eigenvalue weighted by atomic mass is 16.5. The van der Waals surface area contributed by atoms with Crippen molar-refractivity contribution in [3.05, 3.63) is 0 Å². The number of carbonyl (C=O) groups is 1. The highest BCUT2D eigenvalue weighted by Gasteiger charge is 2.49. The Kier molecular flexibility index (Phi) is 4.29. The minimum absolute atomic E-state index is 0.0305. The maximum Gasteiger partial charge on any atom is 0.250 e. The summed E-state index contributed by atoms with van der Waals surface area (Å²) in [6.07, 6.45) is 0.491. The van der Waals surface area contributed by atoms with Crippen LogP contribution in [0.25, 0.3) is 0 Å². The van der Waals surface area contributed by atoms with Gasteiger partial charge in [0.1, 0.15) is 6.10 Å². The number of hydrogen-bond acceptors (Lipinski definition) is 4. The van der Waals surface area contributed by atoms with Crippen LogP contribution in [0.2, 0.25) is 0 Å². The van der Waals surface area contributed by atoms with E-state index in [9.17, 15) is 4.79 Å². The van der Waals surface area contributed by atoms with Crippen molar-refractivity contribution in [1.29, 1.82) is 0 Å². The molecule has 94 valence electrons. The molecule has 1 aliphatic rings. The second kappa shape index (κ2) is 5.12. The SMILES string of the molecule is COC(CN)C(=O)NC1CC(OC)C1(C)C. The first-order chi connectivity index (χ1) is 7.47. The average Bonchev–Trinajstić information content (AvgIpc) is 2.25. The van der Waals surface area contributed by atoms with Gasteiger partial charge in [-0.05, 0) is 6.42 Å². The molecule has 1 saturated carbocycles. The lowest BCUT2D eigenvalue weighted by Gasteiger charge is -2.51. The largest absolute Gasteiger partial charge is 0.381 e. The lowest BCUT2D eigenvalue weighted by Crippen LogP contribution is -2.63. The van der Waals surface area contributed by atoms with E-state index in [4.69, 9.17) is 15.2 Å². The molecule has 0 radical (unpaired) electrons. The van der Waals surface area contributed by atoms with Crippen molar-refractivity contribution in [3.8, 4) is 0 Å². The Hall–Kier alpha value is -0.650. The number of methoxy groups -OCH3 is 2. The molecule has 16 heavy (non-hydrogen) atoms. The van der Waals surface area contributed by atoms with Crippen molar-refractivity contribution in [2.75, 3.05) is 20.8 Å². The van der Waals surface area contributed by atoms with E-state index < -0.39 is 6.10 Å². The highest BCUT2D eigenvalue weighted by Crippen LogP contribution is 2.42. The second-order valence-electron chi connectivity index (χ2n) is 4.80. The Morgan fingerprint density at radius 2 is 2.19 bits per heavy atom. The summed E-state index contributed by atoms with van der Waals surface area (Å²) < 4.78 is 10.3. The summed E-state index contributed by atoms with van der Waals surface area (Å²) in [5.74, 6) is -0.141. The molecule has 0 aromatic rings. The number of ether oxygens (including phenoxy) is 2. The van der Waals surface area contributed by atoms with E-state index in [1.165, 1.54) is 7.11 Å². The van der Waals surface area contributed by atoms with Crippen molar-refractivity contribution in [2.24, 2.45) is 11.1 Å². The first-order valence-electron chi connectivity index (χ1n) is 5.53. The van der Waals surface area contributed by atoms with Gasteiger partial charge in [-0.25, -0.2) is 0 Å². The van der Waals surface area contributed by atoms with Crippen LogP contribution < -0.4 is 11.1 Å². The maximum atomic E-state index is 11.7. The highest BCUT2D eigenvalue weighted by molar-refractivity contribution is 5.81. The van der Waals surface area contributed by atoms with E-state index in [0.29, 0.717) is 0 Å². The molecule has 0 aliphatic heterocycles. The van der Waals surface area contributed by atoms with Crippen LogP contribution in [-0.2, 0) is 14.3 Å². The molecular formula is C11H22N2O3. The molecule has 1 aliphatic carbocycles. The molecule has 0 aromatic heterocycles. The van der Waals surface area contributed by atoms with Crippen molar-refractivity contribution >= 4 is 5.91 Å². The molecule has 3 unspecified atom stereocenters. The van der Waals surface area contributed by atoms with E-state index in [0.717, 1.165) is 6.42 Å². The molecule has 1 fully saturated rings. The summed E-state index contributed by atoms with van der Waals surface area (Å²) in [4.78, 5) is 11.7. The zero-order valence-electron chi connectivity index (χ0n) is 10.4. The summed E-state index contributed by atoms with van der Waals surface area (Å²) >= 11 is 0. The number of hydrogen-bond donors (Lipinski definition) is 2. The topological polar surface area (TPSA) is 73.6 Å². The van der Waals surface area contributed by atoms with Crippen LogP contribution >= 0.6 is 0 Å². The summed E-state index contributed by atoms with van der Waals surface area (Å²) in [5, 5.41) is 2.95.